The molecule has 0 aliphatic carbocycles. The first-order chi connectivity index (χ1) is 13.2. The lowest BCUT2D eigenvalue weighted by Gasteiger charge is -2.47. The molecule has 0 bridgehead atoms. The summed E-state index contributed by atoms with van der Waals surface area (Å²) in [6, 6.07) is 15.5. The molecule has 6 nitrogen and oxygen atoms in total. The Bertz CT molecular complexity index is 1060. The SMILES string of the molecule is CO[C@@H]1c2c([nH]c3ccccc23)[C@]2(OC)C(=O)c3ccccc3N2[C@@H]1OC. The third-order valence-electron chi connectivity index (χ3n) is 5.73. The Morgan fingerprint density at radius 1 is 1.00 bits per heavy atom. The van der Waals surface area contributed by atoms with Crippen LogP contribution < -0.4 is 4.90 Å². The molecule has 3 aromatic rings. The number of anilines is 1. The van der Waals surface area contributed by atoms with E-state index in [4.69, 9.17) is 14.2 Å². The number of aromatic amines is 1. The van der Waals surface area contributed by atoms with Crippen LogP contribution in [0, 0.1) is 0 Å². The van der Waals surface area contributed by atoms with Crippen LogP contribution in [0.25, 0.3) is 10.9 Å². The minimum atomic E-state index is -1.31. The molecule has 2 aromatic carbocycles. The molecule has 0 saturated carbocycles. The fourth-order valence-corrected chi connectivity index (χ4v) is 4.65. The zero-order valence-electron chi connectivity index (χ0n) is 15.4. The van der Waals surface area contributed by atoms with Gasteiger partial charge >= 0.3 is 0 Å². The van der Waals surface area contributed by atoms with E-state index in [0.717, 1.165) is 22.2 Å². The summed E-state index contributed by atoms with van der Waals surface area (Å²) in [7, 11) is 4.85. The van der Waals surface area contributed by atoms with E-state index in [2.05, 4.69) is 4.98 Å². The first-order valence-electron chi connectivity index (χ1n) is 8.84. The lowest BCUT2D eigenvalue weighted by Crippen LogP contribution is -2.60. The normalized spacial score (nSPS) is 26.2. The third kappa shape index (κ3) is 1.82. The average Bonchev–Trinajstić information content (AvgIpc) is 3.22. The number of H-pyrrole nitrogens is 1. The molecule has 27 heavy (non-hydrogen) atoms. The van der Waals surface area contributed by atoms with Gasteiger partial charge in [-0.25, -0.2) is 0 Å². The number of nitrogens with zero attached hydrogens (tertiary/aromatic N) is 1. The van der Waals surface area contributed by atoms with Crippen LogP contribution in [0.3, 0.4) is 0 Å². The van der Waals surface area contributed by atoms with Crippen molar-refractivity contribution in [1.82, 2.24) is 4.98 Å². The predicted molar refractivity (Wildman–Crippen MR) is 101 cm³/mol. The number of nitrogens with one attached hydrogen (secondary N) is 1. The molecular weight excluding hydrogens is 344 g/mol. The van der Waals surface area contributed by atoms with Gasteiger partial charge in [-0.1, -0.05) is 30.3 Å². The van der Waals surface area contributed by atoms with Crippen molar-refractivity contribution in [2.24, 2.45) is 0 Å². The molecule has 1 aromatic heterocycles. The van der Waals surface area contributed by atoms with E-state index < -0.39 is 12.0 Å². The van der Waals surface area contributed by atoms with Gasteiger partial charge in [0.15, 0.2) is 6.23 Å². The van der Waals surface area contributed by atoms with Crippen molar-refractivity contribution in [3.05, 3.63) is 65.4 Å². The number of Topliss-reactive ketones (excluding diaryl/α,β-unsaturated/α-hetero) is 1. The summed E-state index contributed by atoms with van der Waals surface area (Å²) in [4.78, 5) is 18.9. The number of ketones is 1. The number of hydrogen-bond acceptors (Lipinski definition) is 5. The minimum Gasteiger partial charge on any atom is -0.372 e. The predicted octanol–water partition coefficient (Wildman–Crippen LogP) is 3.34. The van der Waals surface area contributed by atoms with Crippen LogP contribution in [-0.4, -0.2) is 38.3 Å². The van der Waals surface area contributed by atoms with Crippen LogP contribution in [0.1, 0.15) is 27.7 Å². The lowest BCUT2D eigenvalue weighted by molar-refractivity contribution is -0.0973. The minimum absolute atomic E-state index is 0.106. The number of para-hydroxylation sites is 2. The monoisotopic (exact) mass is 364 g/mol. The number of methoxy groups -OCH3 is 3. The number of aromatic nitrogens is 1. The van der Waals surface area contributed by atoms with Gasteiger partial charge in [0, 0.05) is 43.4 Å². The largest absolute Gasteiger partial charge is 0.372 e. The Morgan fingerprint density at radius 3 is 2.48 bits per heavy atom. The second kappa shape index (κ2) is 5.66. The highest BCUT2D eigenvalue weighted by molar-refractivity contribution is 6.14. The van der Waals surface area contributed by atoms with Gasteiger partial charge in [0.2, 0.25) is 11.5 Å². The molecule has 2 aliphatic heterocycles. The highest BCUT2D eigenvalue weighted by Gasteiger charge is 2.62. The van der Waals surface area contributed by atoms with Gasteiger partial charge < -0.3 is 24.1 Å². The molecular formula is C21H20N2O4. The van der Waals surface area contributed by atoms with E-state index in [-0.39, 0.29) is 11.9 Å². The molecule has 2 aliphatic rings. The van der Waals surface area contributed by atoms with Gasteiger partial charge in [-0.2, -0.15) is 0 Å². The maximum absolute atomic E-state index is 13.6. The number of rotatable bonds is 3. The Hall–Kier alpha value is -2.67. The molecule has 6 heteroatoms. The first-order valence-corrected chi connectivity index (χ1v) is 8.84. The van der Waals surface area contributed by atoms with Crippen molar-refractivity contribution in [3.63, 3.8) is 0 Å². The van der Waals surface area contributed by atoms with Crippen LogP contribution in [0.2, 0.25) is 0 Å². The van der Waals surface area contributed by atoms with Crippen LogP contribution >= 0.6 is 0 Å². The maximum Gasteiger partial charge on any atom is 0.250 e. The second-order valence-electron chi connectivity index (χ2n) is 6.81. The summed E-state index contributed by atoms with van der Waals surface area (Å²) < 4.78 is 17.7. The van der Waals surface area contributed by atoms with Gasteiger partial charge in [-0.15, -0.1) is 0 Å². The molecule has 1 N–H and O–H groups in total. The van der Waals surface area contributed by atoms with Crippen molar-refractivity contribution in [2.45, 2.75) is 18.1 Å². The first kappa shape index (κ1) is 16.5. The van der Waals surface area contributed by atoms with Crippen molar-refractivity contribution < 1.29 is 19.0 Å². The number of hydrogen-bond donors (Lipinski definition) is 1. The van der Waals surface area contributed by atoms with Crippen LogP contribution in [0.15, 0.2) is 48.5 Å². The molecule has 0 spiro atoms. The fourth-order valence-electron chi connectivity index (χ4n) is 4.65. The van der Waals surface area contributed by atoms with Gasteiger partial charge in [0.05, 0.1) is 11.4 Å². The van der Waals surface area contributed by atoms with E-state index in [1.807, 2.05) is 53.4 Å². The zero-order valence-corrected chi connectivity index (χ0v) is 15.4. The van der Waals surface area contributed by atoms with Gasteiger partial charge in [-0.3, -0.25) is 4.79 Å². The molecule has 5 rings (SSSR count). The van der Waals surface area contributed by atoms with E-state index in [1.54, 1.807) is 21.3 Å². The third-order valence-corrected chi connectivity index (χ3v) is 5.73. The number of carbonyl (C=O) groups excluding carboxylic acids is 1. The van der Waals surface area contributed by atoms with E-state index >= 15 is 0 Å². The van der Waals surface area contributed by atoms with Crippen molar-refractivity contribution in [2.75, 3.05) is 26.2 Å². The van der Waals surface area contributed by atoms with Crippen molar-refractivity contribution >= 4 is 22.4 Å². The molecule has 3 atom stereocenters. The molecule has 0 radical (unpaired) electrons. The number of fused-ring (bicyclic) bond motifs is 7. The molecule has 138 valence electrons. The summed E-state index contributed by atoms with van der Waals surface area (Å²) in [5.41, 5.74) is 2.62. The summed E-state index contributed by atoms with van der Waals surface area (Å²) in [6.45, 7) is 0. The van der Waals surface area contributed by atoms with E-state index in [1.165, 1.54) is 0 Å². The van der Waals surface area contributed by atoms with Crippen LogP contribution in [0.5, 0.6) is 0 Å². The second-order valence-corrected chi connectivity index (χ2v) is 6.81. The zero-order chi connectivity index (χ0) is 18.8. The molecule has 0 fully saturated rings. The van der Waals surface area contributed by atoms with E-state index in [9.17, 15) is 4.79 Å². The molecule has 0 saturated heterocycles. The standard InChI is InChI=1S/C21H20N2O4/c1-25-17-16-12-8-4-6-10-14(12)22-18(16)21(27-3)19(24)13-9-5-7-11-15(13)23(21)20(17)26-2/h4-11,17,20,22H,1-3H3/t17-,20-,21+/m1/s1. The highest BCUT2D eigenvalue weighted by atomic mass is 16.6. The topological polar surface area (TPSA) is 63.8 Å². The number of carbonyl (C=O) groups is 1. The van der Waals surface area contributed by atoms with Crippen molar-refractivity contribution in [3.8, 4) is 0 Å². The fraction of sp³-hybridized carbons (Fsp3) is 0.286. The highest BCUT2D eigenvalue weighted by Crippen LogP contribution is 2.55. The van der Waals surface area contributed by atoms with E-state index in [0.29, 0.717) is 11.3 Å². The Morgan fingerprint density at radius 2 is 1.74 bits per heavy atom. The number of ether oxygens (including phenoxy) is 3. The van der Waals surface area contributed by atoms with Gasteiger partial charge in [0.25, 0.3) is 0 Å². The van der Waals surface area contributed by atoms with Gasteiger partial charge in [0.1, 0.15) is 6.10 Å². The number of benzene rings is 2. The van der Waals surface area contributed by atoms with Crippen LogP contribution in [-0.2, 0) is 19.9 Å². The van der Waals surface area contributed by atoms with Gasteiger partial charge in [-0.05, 0) is 18.2 Å². The Labute approximate surface area is 156 Å². The Balaban J connectivity index is 1.91. The average molecular weight is 364 g/mol. The quantitative estimate of drug-likeness (QED) is 0.772. The maximum atomic E-state index is 13.6. The summed E-state index contributed by atoms with van der Waals surface area (Å²) in [6.07, 6.45) is -0.905. The summed E-state index contributed by atoms with van der Waals surface area (Å²) in [5.74, 6) is -0.106. The van der Waals surface area contributed by atoms with Crippen LogP contribution in [0.4, 0.5) is 5.69 Å². The summed E-state index contributed by atoms with van der Waals surface area (Å²) in [5, 5.41) is 1.00. The summed E-state index contributed by atoms with van der Waals surface area (Å²) >= 11 is 0. The molecule has 0 unspecified atom stereocenters. The van der Waals surface area contributed by atoms with Crippen molar-refractivity contribution in [1.29, 1.82) is 0 Å². The Kier molecular flexibility index (Phi) is 3.46. The molecule has 0 amide bonds. The molecule has 3 heterocycles. The smallest absolute Gasteiger partial charge is 0.250 e. The lowest BCUT2D eigenvalue weighted by atomic mass is 9.89.